The molecule has 2 rings (SSSR count). The first kappa shape index (κ1) is 13.6. The summed E-state index contributed by atoms with van der Waals surface area (Å²) in [6.07, 6.45) is 9.49. The second-order valence-corrected chi connectivity index (χ2v) is 5.62. The number of nitrogens with two attached hydrogens (primary N) is 1. The summed E-state index contributed by atoms with van der Waals surface area (Å²) in [5, 5.41) is 14.9. The number of rotatable bonds is 3. The van der Waals surface area contributed by atoms with Crippen LogP contribution in [-0.2, 0) is 7.05 Å². The molecule has 0 bridgehead atoms. The van der Waals surface area contributed by atoms with Crippen molar-refractivity contribution in [2.45, 2.75) is 51.0 Å². The summed E-state index contributed by atoms with van der Waals surface area (Å²) in [6, 6.07) is 1.90. The normalized spacial score (nSPS) is 22.2. The average molecular weight is 251 g/mol. The van der Waals surface area contributed by atoms with Crippen molar-refractivity contribution in [3.8, 4) is 0 Å². The molecule has 4 nitrogen and oxygen atoms in total. The molecule has 1 saturated carbocycles. The number of nitrogens with zero attached hydrogens (tertiary/aromatic N) is 2. The summed E-state index contributed by atoms with van der Waals surface area (Å²) < 4.78 is 1.76. The van der Waals surface area contributed by atoms with E-state index in [1.807, 2.05) is 13.1 Å². The zero-order valence-electron chi connectivity index (χ0n) is 11.3. The summed E-state index contributed by atoms with van der Waals surface area (Å²) in [4.78, 5) is 0. The Morgan fingerprint density at radius 1 is 1.33 bits per heavy atom. The number of aromatic nitrogens is 2. The van der Waals surface area contributed by atoms with Gasteiger partial charge < -0.3 is 10.8 Å². The SMILES string of the molecule is Cn1nccc1C(O)C1(CN)CCCCCCC1. The Balaban J connectivity index is 2.21. The summed E-state index contributed by atoms with van der Waals surface area (Å²) in [5.74, 6) is 0. The van der Waals surface area contributed by atoms with Gasteiger partial charge in [0.1, 0.15) is 6.10 Å². The van der Waals surface area contributed by atoms with Crippen LogP contribution >= 0.6 is 0 Å². The van der Waals surface area contributed by atoms with Crippen LogP contribution in [-0.4, -0.2) is 21.4 Å². The van der Waals surface area contributed by atoms with Crippen molar-refractivity contribution < 1.29 is 5.11 Å². The van der Waals surface area contributed by atoms with Crippen LogP contribution in [0.5, 0.6) is 0 Å². The first-order valence-corrected chi connectivity index (χ1v) is 7.06. The van der Waals surface area contributed by atoms with E-state index in [1.54, 1.807) is 10.9 Å². The van der Waals surface area contributed by atoms with Crippen molar-refractivity contribution in [2.24, 2.45) is 18.2 Å². The molecule has 102 valence electrons. The third-order valence-electron chi connectivity index (χ3n) is 4.47. The van der Waals surface area contributed by atoms with Crippen molar-refractivity contribution in [1.82, 2.24) is 9.78 Å². The molecule has 3 N–H and O–H groups in total. The molecular weight excluding hydrogens is 226 g/mol. The van der Waals surface area contributed by atoms with Gasteiger partial charge in [0.2, 0.25) is 0 Å². The van der Waals surface area contributed by atoms with Gasteiger partial charge >= 0.3 is 0 Å². The summed E-state index contributed by atoms with van der Waals surface area (Å²) in [6.45, 7) is 0.555. The van der Waals surface area contributed by atoms with Gasteiger partial charge in [-0.05, 0) is 18.9 Å². The topological polar surface area (TPSA) is 64.1 Å². The van der Waals surface area contributed by atoms with E-state index in [1.165, 1.54) is 32.1 Å². The van der Waals surface area contributed by atoms with Crippen LogP contribution < -0.4 is 5.73 Å². The molecule has 0 amide bonds. The molecule has 4 heteroatoms. The Bertz CT molecular complexity index is 367. The quantitative estimate of drug-likeness (QED) is 0.865. The van der Waals surface area contributed by atoms with Gasteiger partial charge in [-0.25, -0.2) is 0 Å². The van der Waals surface area contributed by atoms with Gasteiger partial charge in [-0.2, -0.15) is 5.10 Å². The third kappa shape index (κ3) is 2.59. The maximum absolute atomic E-state index is 10.7. The summed E-state index contributed by atoms with van der Waals surface area (Å²) >= 11 is 0. The van der Waals surface area contributed by atoms with Gasteiger partial charge in [0, 0.05) is 25.2 Å². The van der Waals surface area contributed by atoms with E-state index in [0.717, 1.165) is 18.5 Å². The zero-order chi connectivity index (χ0) is 13.0. The number of hydrogen-bond donors (Lipinski definition) is 2. The van der Waals surface area contributed by atoms with Crippen LogP contribution in [0.1, 0.15) is 56.7 Å². The van der Waals surface area contributed by atoms with Crippen molar-refractivity contribution >= 4 is 0 Å². The Morgan fingerprint density at radius 3 is 2.44 bits per heavy atom. The van der Waals surface area contributed by atoms with E-state index in [9.17, 15) is 5.11 Å². The fourth-order valence-corrected chi connectivity index (χ4v) is 3.16. The van der Waals surface area contributed by atoms with Crippen LogP contribution in [0.4, 0.5) is 0 Å². The maximum Gasteiger partial charge on any atom is 0.102 e. The highest BCUT2D eigenvalue weighted by molar-refractivity contribution is 5.09. The Labute approximate surface area is 109 Å². The molecule has 1 fully saturated rings. The lowest BCUT2D eigenvalue weighted by molar-refractivity contribution is 0.00305. The first-order chi connectivity index (χ1) is 8.69. The molecule has 1 aromatic rings. The van der Waals surface area contributed by atoms with Crippen LogP contribution in [0, 0.1) is 5.41 Å². The third-order valence-corrected chi connectivity index (χ3v) is 4.47. The van der Waals surface area contributed by atoms with Crippen LogP contribution in [0.2, 0.25) is 0 Å². The maximum atomic E-state index is 10.7. The van der Waals surface area contributed by atoms with E-state index in [2.05, 4.69) is 5.10 Å². The largest absolute Gasteiger partial charge is 0.386 e. The van der Waals surface area contributed by atoms with Crippen LogP contribution in [0.25, 0.3) is 0 Å². The van der Waals surface area contributed by atoms with Crippen LogP contribution in [0.15, 0.2) is 12.3 Å². The first-order valence-electron chi connectivity index (χ1n) is 7.06. The predicted octanol–water partition coefficient (Wildman–Crippen LogP) is 2.14. The molecule has 1 aromatic heterocycles. The molecule has 1 aliphatic carbocycles. The molecule has 0 spiro atoms. The molecule has 0 aliphatic heterocycles. The van der Waals surface area contributed by atoms with E-state index in [0.29, 0.717) is 6.54 Å². The van der Waals surface area contributed by atoms with Crippen LogP contribution in [0.3, 0.4) is 0 Å². The smallest absolute Gasteiger partial charge is 0.102 e. The van der Waals surface area contributed by atoms with Gasteiger partial charge in [-0.15, -0.1) is 0 Å². The molecule has 0 saturated heterocycles. The Morgan fingerprint density at radius 2 is 1.94 bits per heavy atom. The highest BCUT2D eigenvalue weighted by atomic mass is 16.3. The van der Waals surface area contributed by atoms with Crippen molar-refractivity contribution in [1.29, 1.82) is 0 Å². The van der Waals surface area contributed by atoms with E-state index in [-0.39, 0.29) is 5.41 Å². The Kier molecular flexibility index (Phi) is 4.40. The fraction of sp³-hybridized carbons (Fsp3) is 0.786. The molecule has 1 aliphatic rings. The summed E-state index contributed by atoms with van der Waals surface area (Å²) in [5.41, 5.74) is 6.76. The van der Waals surface area contributed by atoms with Crippen molar-refractivity contribution in [3.63, 3.8) is 0 Å². The van der Waals surface area contributed by atoms with E-state index >= 15 is 0 Å². The molecule has 1 heterocycles. The summed E-state index contributed by atoms with van der Waals surface area (Å²) in [7, 11) is 1.88. The number of hydrogen-bond acceptors (Lipinski definition) is 3. The number of aryl methyl sites for hydroxylation is 1. The lowest BCUT2D eigenvalue weighted by atomic mass is 9.71. The van der Waals surface area contributed by atoms with E-state index in [4.69, 9.17) is 5.73 Å². The average Bonchev–Trinajstić information content (AvgIpc) is 2.75. The highest BCUT2D eigenvalue weighted by Gasteiger charge is 2.38. The minimum atomic E-state index is -0.493. The Hall–Kier alpha value is -0.870. The second-order valence-electron chi connectivity index (χ2n) is 5.62. The number of aliphatic hydroxyl groups is 1. The van der Waals surface area contributed by atoms with Crippen molar-refractivity contribution in [2.75, 3.05) is 6.54 Å². The van der Waals surface area contributed by atoms with Gasteiger partial charge in [0.25, 0.3) is 0 Å². The molecule has 1 unspecified atom stereocenters. The molecule has 1 atom stereocenters. The second kappa shape index (κ2) is 5.85. The van der Waals surface area contributed by atoms with Gasteiger partial charge in [-0.3, -0.25) is 4.68 Å². The lowest BCUT2D eigenvalue weighted by Crippen LogP contribution is -2.38. The minimum Gasteiger partial charge on any atom is -0.386 e. The van der Waals surface area contributed by atoms with E-state index < -0.39 is 6.10 Å². The monoisotopic (exact) mass is 251 g/mol. The fourth-order valence-electron chi connectivity index (χ4n) is 3.16. The van der Waals surface area contributed by atoms with Gasteiger partial charge in [0.05, 0.1) is 5.69 Å². The molecule has 0 radical (unpaired) electrons. The number of aliphatic hydroxyl groups excluding tert-OH is 1. The zero-order valence-corrected chi connectivity index (χ0v) is 11.3. The molecule has 0 aromatic carbocycles. The van der Waals surface area contributed by atoms with Crippen molar-refractivity contribution in [3.05, 3.63) is 18.0 Å². The standard InChI is InChI=1S/C14H25N3O/c1-17-12(7-10-16-17)13(18)14(11-15)8-5-3-2-4-6-9-14/h7,10,13,18H,2-6,8-9,11,15H2,1H3. The molecular formula is C14H25N3O. The molecule has 18 heavy (non-hydrogen) atoms. The highest BCUT2D eigenvalue weighted by Crippen LogP contribution is 2.43. The van der Waals surface area contributed by atoms with Gasteiger partial charge in [-0.1, -0.05) is 32.1 Å². The lowest BCUT2D eigenvalue weighted by Gasteiger charge is -2.38. The van der Waals surface area contributed by atoms with Gasteiger partial charge in [0.15, 0.2) is 0 Å². The minimum absolute atomic E-state index is 0.159. The predicted molar refractivity (Wildman–Crippen MR) is 72.0 cm³/mol.